The number of para-hydroxylation sites is 1. The maximum atomic E-state index is 12.2. The van der Waals surface area contributed by atoms with Gasteiger partial charge in [0.2, 0.25) is 12.7 Å². The van der Waals surface area contributed by atoms with E-state index in [-0.39, 0.29) is 12.7 Å². The summed E-state index contributed by atoms with van der Waals surface area (Å²) in [4.78, 5) is 12.2. The van der Waals surface area contributed by atoms with Crippen molar-refractivity contribution in [2.75, 3.05) is 6.79 Å². The number of carbonyl (C=O) groups excluding carboxylic acids is 1. The quantitative estimate of drug-likeness (QED) is 0.863. The molecule has 1 aromatic carbocycles. The molecule has 3 rings (SSSR count). The third-order valence-electron chi connectivity index (χ3n) is 4.05. The van der Waals surface area contributed by atoms with Gasteiger partial charge in [0.05, 0.1) is 6.42 Å². The molecule has 20 heavy (non-hydrogen) atoms. The number of benzene rings is 1. The van der Waals surface area contributed by atoms with E-state index in [1.165, 1.54) is 25.7 Å². The van der Waals surface area contributed by atoms with Crippen molar-refractivity contribution in [1.82, 2.24) is 5.32 Å². The second-order valence-electron chi connectivity index (χ2n) is 5.58. The van der Waals surface area contributed by atoms with Crippen LogP contribution in [0.25, 0.3) is 0 Å². The van der Waals surface area contributed by atoms with Gasteiger partial charge in [0, 0.05) is 11.6 Å². The fraction of sp³-hybridized carbons (Fsp3) is 0.562. The Bertz CT molecular complexity index is 479. The minimum Gasteiger partial charge on any atom is -0.454 e. The normalized spacial score (nSPS) is 18.6. The van der Waals surface area contributed by atoms with Crippen LogP contribution in [0.4, 0.5) is 0 Å². The minimum atomic E-state index is 0.0841. The van der Waals surface area contributed by atoms with Gasteiger partial charge in [-0.2, -0.15) is 0 Å². The van der Waals surface area contributed by atoms with E-state index in [1.807, 2.05) is 18.2 Å². The van der Waals surface area contributed by atoms with E-state index in [2.05, 4.69) is 5.32 Å². The Kier molecular flexibility index (Phi) is 4.09. The van der Waals surface area contributed by atoms with Crippen molar-refractivity contribution in [3.8, 4) is 11.5 Å². The van der Waals surface area contributed by atoms with E-state index in [9.17, 15) is 4.79 Å². The van der Waals surface area contributed by atoms with Gasteiger partial charge in [-0.25, -0.2) is 0 Å². The van der Waals surface area contributed by atoms with Crippen molar-refractivity contribution in [3.63, 3.8) is 0 Å². The van der Waals surface area contributed by atoms with Crippen molar-refractivity contribution in [2.24, 2.45) is 0 Å². The van der Waals surface area contributed by atoms with Gasteiger partial charge in [0.15, 0.2) is 11.5 Å². The molecule has 1 saturated carbocycles. The van der Waals surface area contributed by atoms with Crippen molar-refractivity contribution >= 4 is 5.91 Å². The monoisotopic (exact) mass is 275 g/mol. The summed E-state index contributed by atoms with van der Waals surface area (Å²) in [6, 6.07) is 6.05. The average Bonchev–Trinajstić information content (AvgIpc) is 2.78. The molecule has 0 radical (unpaired) electrons. The molecule has 0 unspecified atom stereocenters. The highest BCUT2D eigenvalue weighted by Gasteiger charge is 2.20. The van der Waals surface area contributed by atoms with Crippen molar-refractivity contribution in [3.05, 3.63) is 23.8 Å². The van der Waals surface area contributed by atoms with Crippen LogP contribution in [0, 0.1) is 0 Å². The summed E-state index contributed by atoms with van der Waals surface area (Å²) in [5, 5.41) is 3.16. The van der Waals surface area contributed by atoms with Gasteiger partial charge in [0.25, 0.3) is 0 Å². The van der Waals surface area contributed by atoms with Gasteiger partial charge in [-0.05, 0) is 18.9 Å². The summed E-state index contributed by atoms with van der Waals surface area (Å²) >= 11 is 0. The first kappa shape index (κ1) is 13.3. The topological polar surface area (TPSA) is 47.6 Å². The number of rotatable bonds is 3. The van der Waals surface area contributed by atoms with E-state index in [0.29, 0.717) is 12.5 Å². The van der Waals surface area contributed by atoms with Gasteiger partial charge >= 0.3 is 0 Å². The van der Waals surface area contributed by atoms with Crippen LogP contribution in [-0.2, 0) is 11.2 Å². The van der Waals surface area contributed by atoms with Crippen LogP contribution in [0.2, 0.25) is 0 Å². The van der Waals surface area contributed by atoms with E-state index < -0.39 is 0 Å². The molecule has 1 fully saturated rings. The first-order valence-electron chi connectivity index (χ1n) is 7.50. The second-order valence-corrected chi connectivity index (χ2v) is 5.58. The second kappa shape index (κ2) is 6.16. The molecule has 1 aliphatic carbocycles. The maximum absolute atomic E-state index is 12.2. The zero-order chi connectivity index (χ0) is 13.8. The number of nitrogens with one attached hydrogen (secondary N) is 1. The summed E-state index contributed by atoms with van der Waals surface area (Å²) in [5.41, 5.74) is 0.908. The Morgan fingerprint density at radius 2 is 1.95 bits per heavy atom. The van der Waals surface area contributed by atoms with Crippen LogP contribution in [0.3, 0.4) is 0 Å². The molecule has 4 heteroatoms. The van der Waals surface area contributed by atoms with E-state index in [0.717, 1.165) is 29.9 Å². The smallest absolute Gasteiger partial charge is 0.231 e. The molecule has 4 nitrogen and oxygen atoms in total. The average molecular weight is 275 g/mol. The Morgan fingerprint density at radius 1 is 1.15 bits per heavy atom. The number of hydrogen-bond acceptors (Lipinski definition) is 3. The highest BCUT2D eigenvalue weighted by Crippen LogP contribution is 2.35. The van der Waals surface area contributed by atoms with Gasteiger partial charge in [-0.3, -0.25) is 4.79 Å². The maximum Gasteiger partial charge on any atom is 0.231 e. The van der Waals surface area contributed by atoms with Crippen LogP contribution in [0.1, 0.15) is 44.1 Å². The number of carbonyl (C=O) groups is 1. The zero-order valence-electron chi connectivity index (χ0n) is 11.7. The lowest BCUT2D eigenvalue weighted by molar-refractivity contribution is -0.121. The number of fused-ring (bicyclic) bond motifs is 1. The third kappa shape index (κ3) is 3.06. The zero-order valence-corrected chi connectivity index (χ0v) is 11.7. The molecule has 2 aliphatic rings. The first-order chi connectivity index (χ1) is 9.83. The Morgan fingerprint density at radius 3 is 2.75 bits per heavy atom. The summed E-state index contributed by atoms with van der Waals surface area (Å²) in [7, 11) is 0. The lowest BCUT2D eigenvalue weighted by Gasteiger charge is -2.16. The molecule has 0 bridgehead atoms. The molecule has 0 atom stereocenters. The fourth-order valence-electron chi connectivity index (χ4n) is 3.01. The van der Waals surface area contributed by atoms with Gasteiger partial charge in [-0.15, -0.1) is 0 Å². The summed E-state index contributed by atoms with van der Waals surface area (Å²) in [5.74, 6) is 1.55. The Balaban J connectivity index is 1.60. The molecule has 108 valence electrons. The van der Waals surface area contributed by atoms with Crippen LogP contribution >= 0.6 is 0 Å². The van der Waals surface area contributed by atoms with Crippen LogP contribution in [-0.4, -0.2) is 18.7 Å². The van der Waals surface area contributed by atoms with Crippen molar-refractivity contribution < 1.29 is 14.3 Å². The third-order valence-corrected chi connectivity index (χ3v) is 4.05. The highest BCUT2D eigenvalue weighted by atomic mass is 16.7. The van der Waals surface area contributed by atoms with Gasteiger partial charge < -0.3 is 14.8 Å². The van der Waals surface area contributed by atoms with Crippen LogP contribution in [0.5, 0.6) is 11.5 Å². The number of amides is 1. The van der Waals surface area contributed by atoms with E-state index in [1.54, 1.807) is 0 Å². The molecule has 1 aliphatic heterocycles. The lowest BCUT2D eigenvalue weighted by atomic mass is 10.1. The highest BCUT2D eigenvalue weighted by molar-refractivity contribution is 5.80. The van der Waals surface area contributed by atoms with Crippen LogP contribution in [0.15, 0.2) is 18.2 Å². The SMILES string of the molecule is O=C(Cc1cccc2c1OCO2)NC1CCCCCC1. The van der Waals surface area contributed by atoms with Gasteiger partial charge in [-0.1, -0.05) is 37.8 Å². The Hall–Kier alpha value is -1.71. The van der Waals surface area contributed by atoms with Crippen molar-refractivity contribution in [2.45, 2.75) is 51.0 Å². The summed E-state index contributed by atoms with van der Waals surface area (Å²) in [6.45, 7) is 0.247. The summed E-state index contributed by atoms with van der Waals surface area (Å²) in [6.07, 6.45) is 7.62. The number of ether oxygens (including phenoxy) is 2. The Labute approximate surface area is 119 Å². The molecule has 1 N–H and O–H groups in total. The van der Waals surface area contributed by atoms with Crippen LogP contribution < -0.4 is 14.8 Å². The van der Waals surface area contributed by atoms with E-state index in [4.69, 9.17) is 9.47 Å². The fourth-order valence-corrected chi connectivity index (χ4v) is 3.01. The van der Waals surface area contributed by atoms with E-state index >= 15 is 0 Å². The summed E-state index contributed by atoms with van der Waals surface area (Å²) < 4.78 is 10.8. The molecule has 1 amide bonds. The molecular weight excluding hydrogens is 254 g/mol. The van der Waals surface area contributed by atoms with Gasteiger partial charge in [0.1, 0.15) is 0 Å². The molecule has 1 aromatic rings. The minimum absolute atomic E-state index is 0.0841. The lowest BCUT2D eigenvalue weighted by Crippen LogP contribution is -2.35. The molecule has 0 aromatic heterocycles. The predicted octanol–water partition coefficient (Wildman–Crippen LogP) is 2.80. The number of hydrogen-bond donors (Lipinski definition) is 1. The standard InChI is InChI=1S/C16H21NO3/c18-15(17-13-7-3-1-2-4-8-13)10-12-6-5-9-14-16(12)20-11-19-14/h5-6,9,13H,1-4,7-8,10-11H2,(H,17,18). The molecule has 0 saturated heterocycles. The van der Waals surface area contributed by atoms with Crippen molar-refractivity contribution in [1.29, 1.82) is 0 Å². The first-order valence-corrected chi connectivity index (χ1v) is 7.50. The molecule has 0 spiro atoms. The predicted molar refractivity (Wildman–Crippen MR) is 75.9 cm³/mol. The molecule has 1 heterocycles. The largest absolute Gasteiger partial charge is 0.454 e. The molecular formula is C16H21NO3.